The lowest BCUT2D eigenvalue weighted by molar-refractivity contribution is -0.128. The van der Waals surface area contributed by atoms with Gasteiger partial charge in [0.25, 0.3) is 0 Å². The summed E-state index contributed by atoms with van der Waals surface area (Å²) in [6, 6.07) is 0. The molecule has 166 valence electrons. The van der Waals surface area contributed by atoms with Crippen molar-refractivity contribution < 1.29 is 4.79 Å². The quantitative estimate of drug-likeness (QED) is 0.642. The molecule has 8 heteroatoms. The number of anilines is 1. The Kier molecular flexibility index (Phi) is 4.87. The third-order valence-electron chi connectivity index (χ3n) is 7.31. The Balaban J connectivity index is 1.52. The number of amides is 1. The number of nitrogen functional groups attached to an aromatic ring is 1. The van der Waals surface area contributed by atoms with Gasteiger partial charge in [0.05, 0.1) is 17.3 Å². The van der Waals surface area contributed by atoms with Crippen LogP contribution in [0.1, 0.15) is 37.8 Å². The predicted octanol–water partition coefficient (Wildman–Crippen LogP) is 3.31. The van der Waals surface area contributed by atoms with Gasteiger partial charge in [-0.05, 0) is 49.2 Å². The Labute approximate surface area is 187 Å². The number of fused-ring (bicyclic) bond motifs is 1. The summed E-state index contributed by atoms with van der Waals surface area (Å²) >= 11 is 0. The molecule has 0 aromatic carbocycles. The lowest BCUT2D eigenvalue weighted by Gasteiger charge is -2.43. The average molecular weight is 432 g/mol. The molecule has 0 unspecified atom stereocenters. The van der Waals surface area contributed by atoms with E-state index in [0.717, 1.165) is 73.0 Å². The van der Waals surface area contributed by atoms with Crippen LogP contribution < -0.4 is 5.73 Å². The smallest absolute Gasteiger partial charge is 0.245 e. The van der Waals surface area contributed by atoms with Gasteiger partial charge in [0.15, 0.2) is 0 Å². The minimum absolute atomic E-state index is 0.0437. The number of rotatable bonds is 3. The predicted molar refractivity (Wildman–Crippen MR) is 125 cm³/mol. The van der Waals surface area contributed by atoms with Gasteiger partial charge in [-0.2, -0.15) is 5.10 Å². The van der Waals surface area contributed by atoms with Gasteiger partial charge >= 0.3 is 0 Å². The molecule has 2 N–H and O–H groups in total. The zero-order valence-corrected chi connectivity index (χ0v) is 18.7. The van der Waals surface area contributed by atoms with Crippen LogP contribution in [0.3, 0.4) is 0 Å². The Morgan fingerprint density at radius 3 is 2.62 bits per heavy atom. The molecular weight excluding hydrogens is 402 g/mol. The Hall–Kier alpha value is -3.42. The van der Waals surface area contributed by atoms with E-state index in [2.05, 4.69) is 39.3 Å². The van der Waals surface area contributed by atoms with Gasteiger partial charge in [-0.25, -0.2) is 9.97 Å². The maximum atomic E-state index is 12.0. The number of aryl methyl sites for hydroxylation is 2. The fourth-order valence-electron chi connectivity index (χ4n) is 5.43. The van der Waals surface area contributed by atoms with E-state index < -0.39 is 0 Å². The van der Waals surface area contributed by atoms with Gasteiger partial charge in [0, 0.05) is 44.5 Å². The van der Waals surface area contributed by atoms with Gasteiger partial charge in [0.1, 0.15) is 17.8 Å². The molecule has 1 spiro atoms. The molecule has 5 rings (SSSR count). The van der Waals surface area contributed by atoms with Crippen LogP contribution >= 0.6 is 0 Å². The number of allylic oxidation sites excluding steroid dienone is 2. The number of carbonyl (C=O) groups excluding carboxylic acids is 1. The van der Waals surface area contributed by atoms with E-state index in [-0.39, 0.29) is 11.3 Å². The topological polar surface area (TPSA) is 94.9 Å². The van der Waals surface area contributed by atoms with Crippen molar-refractivity contribution in [1.82, 2.24) is 29.2 Å². The van der Waals surface area contributed by atoms with Gasteiger partial charge < -0.3 is 15.2 Å². The summed E-state index contributed by atoms with van der Waals surface area (Å²) in [7, 11) is 3.97. The summed E-state index contributed by atoms with van der Waals surface area (Å²) in [6.45, 7) is 5.25. The number of piperidine rings is 1. The van der Waals surface area contributed by atoms with Crippen molar-refractivity contribution >= 4 is 28.3 Å². The van der Waals surface area contributed by atoms with E-state index in [1.165, 1.54) is 18.0 Å². The number of hydrogen-bond acceptors (Lipinski definition) is 5. The molecule has 1 amide bonds. The van der Waals surface area contributed by atoms with Crippen molar-refractivity contribution in [2.75, 3.05) is 18.8 Å². The van der Waals surface area contributed by atoms with Crippen LogP contribution in [0.25, 0.3) is 27.7 Å². The molecule has 2 aliphatic rings. The maximum Gasteiger partial charge on any atom is 0.245 e. The van der Waals surface area contributed by atoms with Crippen LogP contribution in [0.2, 0.25) is 0 Å². The normalized spacial score (nSPS) is 18.2. The molecule has 1 aliphatic carbocycles. The third kappa shape index (κ3) is 3.21. The highest BCUT2D eigenvalue weighted by atomic mass is 16.2. The summed E-state index contributed by atoms with van der Waals surface area (Å²) in [4.78, 5) is 22.7. The van der Waals surface area contributed by atoms with Gasteiger partial charge in [-0.15, -0.1) is 0 Å². The van der Waals surface area contributed by atoms with Crippen LogP contribution in [0.15, 0.2) is 37.5 Å². The van der Waals surface area contributed by atoms with Gasteiger partial charge in [0.2, 0.25) is 5.91 Å². The van der Waals surface area contributed by atoms with E-state index in [1.807, 2.05) is 24.3 Å². The Morgan fingerprint density at radius 2 is 2.00 bits per heavy atom. The molecule has 0 atom stereocenters. The second kappa shape index (κ2) is 7.62. The molecule has 0 bridgehead atoms. The van der Waals surface area contributed by atoms with Crippen molar-refractivity contribution in [1.29, 1.82) is 0 Å². The molecule has 1 fully saturated rings. The molecule has 3 aromatic rings. The van der Waals surface area contributed by atoms with Crippen LogP contribution in [-0.4, -0.2) is 48.2 Å². The lowest BCUT2D eigenvalue weighted by Crippen LogP contribution is -2.43. The van der Waals surface area contributed by atoms with Gasteiger partial charge in [-0.3, -0.25) is 9.48 Å². The standard InChI is InChI=1S/C24H29N7O/c1-4-18(32)31-11-9-24(10-12-31)7-5-16(6-8-24)21-19(17-13-28-29(2)14-17)20-22(25)26-15-27-23(20)30(21)3/h4-5,13-15H,1,6-12H2,2-3H3,(H2,25,26,27). The number of carbonyl (C=O) groups is 1. The van der Waals surface area contributed by atoms with Crippen molar-refractivity contribution in [2.45, 2.75) is 32.1 Å². The second-order valence-corrected chi connectivity index (χ2v) is 9.11. The number of hydrogen-bond donors (Lipinski definition) is 1. The highest BCUT2D eigenvalue weighted by molar-refractivity contribution is 6.05. The molecule has 32 heavy (non-hydrogen) atoms. The third-order valence-corrected chi connectivity index (χ3v) is 7.31. The van der Waals surface area contributed by atoms with Crippen molar-refractivity contribution in [2.24, 2.45) is 19.5 Å². The summed E-state index contributed by atoms with van der Waals surface area (Å²) in [5, 5.41) is 5.27. The fraction of sp³-hybridized carbons (Fsp3) is 0.417. The largest absolute Gasteiger partial charge is 0.383 e. The number of nitrogens with two attached hydrogens (primary N) is 1. The van der Waals surface area contributed by atoms with E-state index in [9.17, 15) is 4.79 Å². The minimum Gasteiger partial charge on any atom is -0.383 e. The van der Waals surface area contributed by atoms with Gasteiger partial charge in [-0.1, -0.05) is 12.7 Å². The number of likely N-dealkylation sites (tertiary alicyclic amines) is 1. The summed E-state index contributed by atoms with van der Waals surface area (Å²) in [5.41, 5.74) is 12.0. The lowest BCUT2D eigenvalue weighted by atomic mass is 9.68. The summed E-state index contributed by atoms with van der Waals surface area (Å²) < 4.78 is 3.95. The molecule has 3 aromatic heterocycles. The molecule has 1 aliphatic heterocycles. The van der Waals surface area contributed by atoms with E-state index in [4.69, 9.17) is 5.73 Å². The van der Waals surface area contributed by atoms with Crippen molar-refractivity contribution in [3.63, 3.8) is 0 Å². The zero-order chi connectivity index (χ0) is 22.5. The average Bonchev–Trinajstić information content (AvgIpc) is 3.36. The molecule has 8 nitrogen and oxygen atoms in total. The first kappa shape index (κ1) is 20.5. The highest BCUT2D eigenvalue weighted by Crippen LogP contribution is 2.48. The highest BCUT2D eigenvalue weighted by Gasteiger charge is 2.37. The van der Waals surface area contributed by atoms with E-state index in [1.54, 1.807) is 4.68 Å². The molecule has 0 radical (unpaired) electrons. The molecule has 1 saturated heterocycles. The first-order chi connectivity index (χ1) is 15.4. The first-order valence-corrected chi connectivity index (χ1v) is 11.1. The Morgan fingerprint density at radius 1 is 1.22 bits per heavy atom. The zero-order valence-electron chi connectivity index (χ0n) is 18.7. The monoisotopic (exact) mass is 431 g/mol. The number of nitrogens with zero attached hydrogens (tertiary/aromatic N) is 6. The van der Waals surface area contributed by atoms with Crippen molar-refractivity contribution in [3.05, 3.63) is 43.1 Å². The van der Waals surface area contributed by atoms with Crippen LogP contribution in [0, 0.1) is 5.41 Å². The minimum atomic E-state index is 0.0437. The molecule has 0 saturated carbocycles. The van der Waals surface area contributed by atoms with E-state index in [0.29, 0.717) is 5.82 Å². The first-order valence-electron chi connectivity index (χ1n) is 11.1. The molecule has 4 heterocycles. The van der Waals surface area contributed by atoms with E-state index >= 15 is 0 Å². The van der Waals surface area contributed by atoms with Crippen LogP contribution in [0.4, 0.5) is 5.82 Å². The summed E-state index contributed by atoms with van der Waals surface area (Å²) in [5.74, 6) is 0.532. The fourth-order valence-corrected chi connectivity index (χ4v) is 5.43. The molecular formula is C24H29N7O. The Bertz CT molecular complexity index is 1240. The van der Waals surface area contributed by atoms with Crippen molar-refractivity contribution in [3.8, 4) is 11.1 Å². The second-order valence-electron chi connectivity index (χ2n) is 9.11. The van der Waals surface area contributed by atoms with Crippen LogP contribution in [0.5, 0.6) is 0 Å². The number of aromatic nitrogens is 5. The maximum absolute atomic E-state index is 12.0. The SMILES string of the molecule is C=CC(=O)N1CCC2(CC=C(c3c(-c4cnn(C)c4)c4c(N)ncnc4n3C)CC2)CC1. The summed E-state index contributed by atoms with van der Waals surface area (Å²) in [6.07, 6.45) is 14.4. The van der Waals surface area contributed by atoms with Crippen LogP contribution in [-0.2, 0) is 18.9 Å².